The third-order valence-corrected chi connectivity index (χ3v) is 4.72. The molecule has 1 N–H and O–H groups in total. The largest absolute Gasteiger partial charge is 0.489 e. The van der Waals surface area contributed by atoms with Crippen molar-refractivity contribution in [3.63, 3.8) is 0 Å². The molecule has 0 spiro atoms. The molecule has 0 aliphatic heterocycles. The minimum atomic E-state index is -3.43. The van der Waals surface area contributed by atoms with E-state index in [0.29, 0.717) is 24.5 Å². The molecule has 0 atom stereocenters. The van der Waals surface area contributed by atoms with Crippen LogP contribution in [0.3, 0.4) is 0 Å². The van der Waals surface area contributed by atoms with Gasteiger partial charge in [0.15, 0.2) is 0 Å². The molecule has 0 heterocycles. The molecule has 2 aromatic carbocycles. The minimum Gasteiger partial charge on any atom is -0.489 e. The molecule has 0 aliphatic carbocycles. The highest BCUT2D eigenvalue weighted by Crippen LogP contribution is 2.21. The molecule has 112 valence electrons. The van der Waals surface area contributed by atoms with Crippen molar-refractivity contribution >= 4 is 10.0 Å². The molecule has 0 aliphatic rings. The maximum Gasteiger partial charge on any atom is 0.240 e. The summed E-state index contributed by atoms with van der Waals surface area (Å²) in [5, 5.41) is 0. The molecule has 2 aromatic rings. The fraction of sp³-hybridized carbons (Fsp3) is 0.250. The van der Waals surface area contributed by atoms with Crippen LogP contribution in [0, 0.1) is 6.92 Å². The molecule has 21 heavy (non-hydrogen) atoms. The Balaban J connectivity index is 2.12. The highest BCUT2D eigenvalue weighted by atomic mass is 32.2. The lowest BCUT2D eigenvalue weighted by Crippen LogP contribution is -2.23. The average molecular weight is 305 g/mol. The second-order valence-electron chi connectivity index (χ2n) is 4.70. The van der Waals surface area contributed by atoms with Crippen LogP contribution in [0.2, 0.25) is 0 Å². The molecule has 0 bridgehead atoms. The maximum absolute atomic E-state index is 12.0. The Morgan fingerprint density at radius 1 is 1.10 bits per heavy atom. The van der Waals surface area contributed by atoms with E-state index < -0.39 is 10.0 Å². The van der Waals surface area contributed by atoms with E-state index in [1.807, 2.05) is 30.3 Å². The molecule has 0 unspecified atom stereocenters. The summed E-state index contributed by atoms with van der Waals surface area (Å²) in [4.78, 5) is 0.288. The van der Waals surface area contributed by atoms with Gasteiger partial charge in [0.25, 0.3) is 0 Å². The van der Waals surface area contributed by atoms with Crippen molar-refractivity contribution in [2.75, 3.05) is 6.54 Å². The standard InChI is InChI=1S/C16H19NO3S/c1-3-17-21(18,19)16-10-9-15(11-13(16)2)20-12-14-7-5-4-6-8-14/h4-11,17H,3,12H2,1-2H3. The first kappa shape index (κ1) is 15.5. The lowest BCUT2D eigenvalue weighted by molar-refractivity contribution is 0.306. The van der Waals surface area contributed by atoms with Crippen molar-refractivity contribution in [3.8, 4) is 5.75 Å². The number of aryl methyl sites for hydroxylation is 1. The van der Waals surface area contributed by atoms with Gasteiger partial charge in [-0.3, -0.25) is 0 Å². The van der Waals surface area contributed by atoms with Gasteiger partial charge in [0, 0.05) is 6.54 Å². The molecular formula is C16H19NO3S. The van der Waals surface area contributed by atoms with Crippen LogP contribution in [0.1, 0.15) is 18.1 Å². The second-order valence-corrected chi connectivity index (χ2v) is 6.44. The Morgan fingerprint density at radius 3 is 2.43 bits per heavy atom. The van der Waals surface area contributed by atoms with E-state index in [4.69, 9.17) is 4.74 Å². The molecule has 0 radical (unpaired) electrons. The molecule has 0 aromatic heterocycles. The summed E-state index contributed by atoms with van der Waals surface area (Å²) in [6.45, 7) is 4.34. The first-order chi connectivity index (χ1) is 10.0. The highest BCUT2D eigenvalue weighted by molar-refractivity contribution is 7.89. The Kier molecular flexibility index (Phi) is 4.98. The number of benzene rings is 2. The summed E-state index contributed by atoms with van der Waals surface area (Å²) < 4.78 is 32.2. The predicted molar refractivity (Wildman–Crippen MR) is 82.8 cm³/mol. The van der Waals surface area contributed by atoms with Gasteiger partial charge in [0.05, 0.1) is 4.90 Å². The van der Waals surface area contributed by atoms with Crippen molar-refractivity contribution in [2.45, 2.75) is 25.3 Å². The topological polar surface area (TPSA) is 55.4 Å². The normalized spacial score (nSPS) is 11.3. The summed E-state index contributed by atoms with van der Waals surface area (Å²) in [6, 6.07) is 14.8. The molecule has 2 rings (SSSR count). The van der Waals surface area contributed by atoms with E-state index in [1.165, 1.54) is 0 Å². The third-order valence-electron chi connectivity index (χ3n) is 3.02. The maximum atomic E-state index is 12.0. The molecular weight excluding hydrogens is 286 g/mol. The average Bonchev–Trinajstić information content (AvgIpc) is 2.46. The van der Waals surface area contributed by atoms with Crippen LogP contribution in [0.4, 0.5) is 0 Å². The van der Waals surface area contributed by atoms with E-state index in [0.717, 1.165) is 5.56 Å². The summed E-state index contributed by atoms with van der Waals surface area (Å²) in [7, 11) is -3.43. The lowest BCUT2D eigenvalue weighted by Gasteiger charge is -2.11. The van der Waals surface area contributed by atoms with Gasteiger partial charge in [-0.05, 0) is 36.2 Å². The van der Waals surface area contributed by atoms with Crippen LogP contribution in [0.25, 0.3) is 0 Å². The molecule has 0 amide bonds. The number of hydrogen-bond donors (Lipinski definition) is 1. The summed E-state index contributed by atoms with van der Waals surface area (Å²) in [5.74, 6) is 0.659. The van der Waals surface area contributed by atoms with E-state index in [1.54, 1.807) is 32.0 Å². The Morgan fingerprint density at radius 2 is 1.81 bits per heavy atom. The monoisotopic (exact) mass is 305 g/mol. The van der Waals surface area contributed by atoms with Crippen LogP contribution in [-0.2, 0) is 16.6 Å². The van der Waals surface area contributed by atoms with E-state index in [9.17, 15) is 8.42 Å². The van der Waals surface area contributed by atoms with Gasteiger partial charge >= 0.3 is 0 Å². The van der Waals surface area contributed by atoms with Crippen molar-refractivity contribution in [1.82, 2.24) is 4.72 Å². The zero-order chi connectivity index (χ0) is 15.3. The summed E-state index contributed by atoms with van der Waals surface area (Å²) in [6.07, 6.45) is 0. The van der Waals surface area contributed by atoms with Crippen molar-refractivity contribution in [1.29, 1.82) is 0 Å². The van der Waals surface area contributed by atoms with Crippen LogP contribution in [0.5, 0.6) is 5.75 Å². The predicted octanol–water partition coefficient (Wildman–Crippen LogP) is 2.87. The smallest absolute Gasteiger partial charge is 0.240 e. The van der Waals surface area contributed by atoms with Gasteiger partial charge in [0.1, 0.15) is 12.4 Å². The first-order valence-corrected chi connectivity index (χ1v) is 8.28. The van der Waals surface area contributed by atoms with Gasteiger partial charge in [-0.25, -0.2) is 13.1 Å². The van der Waals surface area contributed by atoms with Gasteiger partial charge in [-0.2, -0.15) is 0 Å². The van der Waals surface area contributed by atoms with Crippen LogP contribution < -0.4 is 9.46 Å². The SMILES string of the molecule is CCNS(=O)(=O)c1ccc(OCc2ccccc2)cc1C. The second kappa shape index (κ2) is 6.74. The van der Waals surface area contributed by atoms with Gasteiger partial charge in [-0.1, -0.05) is 37.3 Å². The Bertz CT molecular complexity index is 697. The van der Waals surface area contributed by atoms with E-state index in [-0.39, 0.29) is 4.90 Å². The van der Waals surface area contributed by atoms with Crippen LogP contribution >= 0.6 is 0 Å². The number of nitrogens with one attached hydrogen (secondary N) is 1. The number of hydrogen-bond acceptors (Lipinski definition) is 3. The van der Waals surface area contributed by atoms with E-state index >= 15 is 0 Å². The molecule has 4 nitrogen and oxygen atoms in total. The van der Waals surface area contributed by atoms with Crippen molar-refractivity contribution in [2.24, 2.45) is 0 Å². The molecule has 5 heteroatoms. The highest BCUT2D eigenvalue weighted by Gasteiger charge is 2.15. The quantitative estimate of drug-likeness (QED) is 0.893. The van der Waals surface area contributed by atoms with Gasteiger partial charge in [0.2, 0.25) is 10.0 Å². The van der Waals surface area contributed by atoms with Crippen LogP contribution in [0.15, 0.2) is 53.4 Å². The number of rotatable bonds is 6. The number of sulfonamides is 1. The lowest BCUT2D eigenvalue weighted by atomic mass is 10.2. The van der Waals surface area contributed by atoms with Crippen molar-refractivity contribution in [3.05, 3.63) is 59.7 Å². The molecule has 0 saturated carbocycles. The zero-order valence-electron chi connectivity index (χ0n) is 12.2. The van der Waals surface area contributed by atoms with Crippen molar-refractivity contribution < 1.29 is 13.2 Å². The van der Waals surface area contributed by atoms with Crippen LogP contribution in [-0.4, -0.2) is 15.0 Å². The molecule has 0 saturated heterocycles. The first-order valence-electron chi connectivity index (χ1n) is 6.80. The Labute approximate surface area is 125 Å². The van der Waals surface area contributed by atoms with Gasteiger partial charge in [-0.15, -0.1) is 0 Å². The summed E-state index contributed by atoms with van der Waals surface area (Å²) >= 11 is 0. The summed E-state index contributed by atoms with van der Waals surface area (Å²) in [5.41, 5.74) is 1.74. The van der Waals surface area contributed by atoms with E-state index in [2.05, 4.69) is 4.72 Å². The van der Waals surface area contributed by atoms with Gasteiger partial charge < -0.3 is 4.74 Å². The third kappa shape index (κ3) is 4.06. The fourth-order valence-electron chi connectivity index (χ4n) is 2.02. The molecule has 0 fully saturated rings. The minimum absolute atomic E-state index is 0.288. The zero-order valence-corrected chi connectivity index (χ0v) is 13.0. The number of ether oxygens (including phenoxy) is 1. The Hall–Kier alpha value is -1.85. The fourth-order valence-corrected chi connectivity index (χ4v) is 3.29.